The summed E-state index contributed by atoms with van der Waals surface area (Å²) in [7, 11) is -1.72. The van der Waals surface area contributed by atoms with Gasteiger partial charge in [-0.25, -0.2) is 8.42 Å². The van der Waals surface area contributed by atoms with Crippen molar-refractivity contribution >= 4 is 27.5 Å². The monoisotopic (exact) mass is 449 g/mol. The number of carbonyl (C=O) groups is 1. The van der Waals surface area contributed by atoms with Gasteiger partial charge in [0, 0.05) is 26.2 Å². The van der Waals surface area contributed by atoms with E-state index in [0.29, 0.717) is 26.2 Å². The Labute approximate surface area is 183 Å². The third-order valence-electron chi connectivity index (χ3n) is 5.52. The van der Waals surface area contributed by atoms with Crippen molar-refractivity contribution in [1.29, 1.82) is 0 Å². The van der Waals surface area contributed by atoms with Gasteiger partial charge in [-0.1, -0.05) is 35.4 Å². The van der Waals surface area contributed by atoms with Crippen molar-refractivity contribution in [2.45, 2.75) is 31.7 Å². The molecule has 1 aliphatic heterocycles. The third kappa shape index (κ3) is 4.86. The van der Waals surface area contributed by atoms with Crippen LogP contribution >= 0.6 is 11.6 Å². The van der Waals surface area contributed by atoms with Crippen LogP contribution in [-0.2, 0) is 10.0 Å². The summed E-state index contributed by atoms with van der Waals surface area (Å²) in [5.41, 5.74) is 3.40. The van der Waals surface area contributed by atoms with Crippen LogP contribution in [0.15, 0.2) is 41.3 Å². The van der Waals surface area contributed by atoms with Gasteiger partial charge in [-0.05, 0) is 57.1 Å². The Hall–Kier alpha value is -1.93. The molecule has 162 valence electrons. The predicted octanol–water partition coefficient (Wildman–Crippen LogP) is 3.38. The SMILES string of the molecule is Cc1ccc([C@H](C)NC(=O)c2cc(S(=O)(=O)N3CCN(C)CC3)ccc2Cl)c(C)c1. The number of rotatable bonds is 5. The molecule has 0 saturated carbocycles. The lowest BCUT2D eigenvalue weighted by Gasteiger charge is -2.31. The van der Waals surface area contributed by atoms with Gasteiger partial charge >= 0.3 is 0 Å². The quantitative estimate of drug-likeness (QED) is 0.759. The molecular formula is C22H28ClN3O3S. The van der Waals surface area contributed by atoms with Crippen LogP contribution in [0, 0.1) is 13.8 Å². The average molecular weight is 450 g/mol. The minimum Gasteiger partial charge on any atom is -0.345 e. The van der Waals surface area contributed by atoms with E-state index in [1.165, 1.54) is 22.5 Å². The zero-order valence-corrected chi connectivity index (χ0v) is 19.3. The number of benzene rings is 2. The highest BCUT2D eigenvalue weighted by Crippen LogP contribution is 2.25. The van der Waals surface area contributed by atoms with Gasteiger partial charge in [0.05, 0.1) is 21.5 Å². The van der Waals surface area contributed by atoms with E-state index in [9.17, 15) is 13.2 Å². The van der Waals surface area contributed by atoms with Crippen LogP contribution in [0.4, 0.5) is 0 Å². The number of carbonyl (C=O) groups excluding carboxylic acids is 1. The zero-order valence-electron chi connectivity index (χ0n) is 17.8. The predicted molar refractivity (Wildman–Crippen MR) is 120 cm³/mol. The van der Waals surface area contributed by atoms with Crippen molar-refractivity contribution in [2.24, 2.45) is 0 Å². The Morgan fingerprint density at radius 3 is 2.37 bits per heavy atom. The summed E-state index contributed by atoms with van der Waals surface area (Å²) in [5.74, 6) is -0.400. The van der Waals surface area contributed by atoms with Crippen LogP contribution in [0.2, 0.25) is 5.02 Å². The van der Waals surface area contributed by atoms with Crippen molar-refractivity contribution in [3.63, 3.8) is 0 Å². The number of hydrogen-bond acceptors (Lipinski definition) is 4. The number of likely N-dealkylation sites (N-methyl/N-ethyl adjacent to an activating group) is 1. The maximum Gasteiger partial charge on any atom is 0.253 e. The molecule has 0 unspecified atom stereocenters. The molecule has 1 N–H and O–H groups in total. The summed E-state index contributed by atoms with van der Waals surface area (Å²) in [6.45, 7) is 8.11. The molecule has 6 nitrogen and oxygen atoms in total. The second-order valence-corrected chi connectivity index (χ2v) is 10.2. The van der Waals surface area contributed by atoms with Gasteiger partial charge in [-0.3, -0.25) is 4.79 Å². The molecule has 1 fully saturated rings. The molecule has 1 atom stereocenters. The first-order chi connectivity index (χ1) is 14.1. The Morgan fingerprint density at radius 1 is 1.07 bits per heavy atom. The fourth-order valence-corrected chi connectivity index (χ4v) is 5.33. The van der Waals surface area contributed by atoms with E-state index >= 15 is 0 Å². The maximum absolute atomic E-state index is 13.0. The number of hydrogen-bond donors (Lipinski definition) is 1. The lowest BCUT2D eigenvalue weighted by Crippen LogP contribution is -2.47. The average Bonchev–Trinajstić information content (AvgIpc) is 2.68. The minimum absolute atomic E-state index is 0.0840. The molecule has 2 aromatic rings. The molecule has 1 heterocycles. The van der Waals surface area contributed by atoms with E-state index in [-0.39, 0.29) is 21.5 Å². The normalized spacial score (nSPS) is 17.0. The molecule has 0 radical (unpaired) electrons. The molecule has 1 saturated heterocycles. The standard InChI is InChI=1S/C22H28ClN3O3S/c1-15-5-7-19(16(2)13-15)17(3)24-22(27)20-14-18(6-8-21(20)23)30(28,29)26-11-9-25(4)10-12-26/h5-8,13-14,17H,9-12H2,1-4H3,(H,24,27)/t17-/m0/s1. The van der Waals surface area contributed by atoms with Crippen LogP contribution in [0.5, 0.6) is 0 Å². The molecule has 30 heavy (non-hydrogen) atoms. The fourth-order valence-electron chi connectivity index (χ4n) is 3.68. The molecule has 0 bridgehead atoms. The molecule has 1 aliphatic rings. The van der Waals surface area contributed by atoms with Gasteiger partial charge in [0.25, 0.3) is 5.91 Å². The molecule has 3 rings (SSSR count). The zero-order chi connectivity index (χ0) is 22.1. The summed E-state index contributed by atoms with van der Waals surface area (Å²) in [4.78, 5) is 15.1. The van der Waals surface area contributed by atoms with E-state index in [1.807, 2.05) is 40.0 Å². The van der Waals surface area contributed by atoms with E-state index in [2.05, 4.69) is 16.3 Å². The van der Waals surface area contributed by atoms with E-state index < -0.39 is 15.9 Å². The third-order valence-corrected chi connectivity index (χ3v) is 7.75. The first-order valence-electron chi connectivity index (χ1n) is 9.96. The van der Waals surface area contributed by atoms with E-state index in [1.54, 1.807) is 0 Å². The molecule has 8 heteroatoms. The molecule has 0 aromatic heterocycles. The van der Waals surface area contributed by atoms with Crippen molar-refractivity contribution in [2.75, 3.05) is 33.2 Å². The Morgan fingerprint density at radius 2 is 1.73 bits per heavy atom. The van der Waals surface area contributed by atoms with Crippen molar-refractivity contribution in [3.05, 3.63) is 63.7 Å². The van der Waals surface area contributed by atoms with Crippen LogP contribution in [0.3, 0.4) is 0 Å². The number of nitrogens with zero attached hydrogens (tertiary/aromatic N) is 2. The smallest absolute Gasteiger partial charge is 0.253 e. The number of piperazine rings is 1. The summed E-state index contributed by atoms with van der Waals surface area (Å²) < 4.78 is 27.5. The Bertz CT molecular complexity index is 1050. The van der Waals surface area contributed by atoms with Crippen molar-refractivity contribution in [1.82, 2.24) is 14.5 Å². The molecule has 0 aliphatic carbocycles. The summed E-state index contributed by atoms with van der Waals surface area (Å²) in [6.07, 6.45) is 0. The van der Waals surface area contributed by atoms with Crippen molar-refractivity contribution in [3.8, 4) is 0 Å². The van der Waals surface area contributed by atoms with Gasteiger partial charge in [0.1, 0.15) is 0 Å². The minimum atomic E-state index is -3.68. The van der Waals surface area contributed by atoms with Crippen LogP contribution < -0.4 is 5.32 Å². The molecule has 2 aromatic carbocycles. The highest BCUT2D eigenvalue weighted by molar-refractivity contribution is 7.89. The second kappa shape index (κ2) is 9.06. The van der Waals surface area contributed by atoms with Gasteiger partial charge in [0.2, 0.25) is 10.0 Å². The first kappa shape index (κ1) is 22.7. The maximum atomic E-state index is 13.0. The van der Waals surface area contributed by atoms with E-state index in [4.69, 9.17) is 11.6 Å². The second-order valence-electron chi connectivity index (χ2n) is 7.90. The topological polar surface area (TPSA) is 69.7 Å². The van der Waals surface area contributed by atoms with Gasteiger partial charge < -0.3 is 10.2 Å². The van der Waals surface area contributed by atoms with Gasteiger partial charge in [-0.2, -0.15) is 4.31 Å². The number of amides is 1. The summed E-state index contributed by atoms with van der Waals surface area (Å²) in [6, 6.07) is 10.1. The van der Waals surface area contributed by atoms with Gasteiger partial charge in [-0.15, -0.1) is 0 Å². The largest absolute Gasteiger partial charge is 0.345 e. The highest BCUT2D eigenvalue weighted by Gasteiger charge is 2.28. The molecule has 1 amide bonds. The summed E-state index contributed by atoms with van der Waals surface area (Å²) in [5, 5.41) is 3.16. The number of halogens is 1. The van der Waals surface area contributed by atoms with E-state index in [0.717, 1.165) is 16.7 Å². The van der Waals surface area contributed by atoms with Crippen molar-refractivity contribution < 1.29 is 13.2 Å². The highest BCUT2D eigenvalue weighted by atomic mass is 35.5. The fraction of sp³-hybridized carbons (Fsp3) is 0.409. The molecule has 0 spiro atoms. The van der Waals surface area contributed by atoms with Crippen LogP contribution in [0.1, 0.15) is 40.0 Å². The number of sulfonamides is 1. The van der Waals surface area contributed by atoms with Crippen LogP contribution in [0.25, 0.3) is 0 Å². The summed E-state index contributed by atoms with van der Waals surface area (Å²) >= 11 is 6.25. The first-order valence-corrected chi connectivity index (χ1v) is 11.8. The lowest BCUT2D eigenvalue weighted by molar-refractivity contribution is 0.0939. The van der Waals surface area contributed by atoms with Gasteiger partial charge in [0.15, 0.2) is 0 Å². The number of nitrogens with one attached hydrogen (secondary N) is 1. The van der Waals surface area contributed by atoms with Crippen LogP contribution in [-0.4, -0.2) is 56.8 Å². The Kier molecular flexibility index (Phi) is 6.87. The number of aryl methyl sites for hydroxylation is 2. The Balaban J connectivity index is 1.83. The molecular weight excluding hydrogens is 422 g/mol. The lowest BCUT2D eigenvalue weighted by atomic mass is 10.00.